The first kappa shape index (κ1) is 27.3. The number of rotatable bonds is 8. The van der Waals surface area contributed by atoms with E-state index in [0.717, 1.165) is 16.9 Å². The molecular weight excluding hydrogens is 526 g/mol. The van der Waals surface area contributed by atoms with E-state index in [1.54, 1.807) is 58.8 Å². The van der Waals surface area contributed by atoms with Gasteiger partial charge in [-0.1, -0.05) is 23.8 Å². The lowest BCUT2D eigenvalue weighted by Gasteiger charge is -2.36. The van der Waals surface area contributed by atoms with Crippen LogP contribution >= 0.6 is 11.3 Å². The second kappa shape index (κ2) is 11.8. The third kappa shape index (κ3) is 6.05. The van der Waals surface area contributed by atoms with Crippen molar-refractivity contribution in [2.45, 2.75) is 24.1 Å². The van der Waals surface area contributed by atoms with Crippen LogP contribution in [0.1, 0.15) is 32.5 Å². The van der Waals surface area contributed by atoms with Crippen molar-refractivity contribution in [3.05, 3.63) is 82.0 Å². The van der Waals surface area contributed by atoms with Crippen LogP contribution in [-0.4, -0.2) is 74.1 Å². The summed E-state index contributed by atoms with van der Waals surface area (Å²) >= 11 is 1.15. The molecule has 0 saturated carbocycles. The molecule has 2 heterocycles. The Morgan fingerprint density at radius 1 is 0.947 bits per heavy atom. The topological polar surface area (TPSA) is 113 Å². The summed E-state index contributed by atoms with van der Waals surface area (Å²) < 4.78 is 32.5. The predicted octanol–water partition coefficient (Wildman–Crippen LogP) is 2.97. The molecule has 1 aromatic heterocycles. The number of piperazine rings is 1. The van der Waals surface area contributed by atoms with Gasteiger partial charge in [-0.3, -0.25) is 14.4 Å². The summed E-state index contributed by atoms with van der Waals surface area (Å²) in [5, 5.41) is 2.34. The van der Waals surface area contributed by atoms with Crippen LogP contribution in [-0.2, 0) is 14.6 Å². The summed E-state index contributed by atoms with van der Waals surface area (Å²) in [5.41, 5.74) is 1.36. The van der Waals surface area contributed by atoms with E-state index in [-0.39, 0.29) is 37.0 Å². The highest BCUT2D eigenvalue weighted by atomic mass is 32.2. The van der Waals surface area contributed by atoms with Crippen molar-refractivity contribution < 1.29 is 27.5 Å². The Morgan fingerprint density at radius 3 is 2.16 bits per heavy atom. The number of hydrogen-bond donors (Lipinski definition) is 1. The monoisotopic (exact) mass is 555 g/mol. The highest BCUT2D eigenvalue weighted by Crippen LogP contribution is 2.20. The minimum absolute atomic E-state index is 0.0581. The average Bonchev–Trinajstić information content (AvgIpc) is 3.47. The summed E-state index contributed by atoms with van der Waals surface area (Å²) in [7, 11) is -4.25. The number of benzene rings is 2. The van der Waals surface area contributed by atoms with Gasteiger partial charge in [0.1, 0.15) is 5.75 Å². The number of aryl methyl sites for hydroxylation is 1. The molecule has 1 fully saturated rings. The van der Waals surface area contributed by atoms with Gasteiger partial charge in [-0.05, 0) is 61.7 Å². The number of nitrogens with one attached hydrogen (secondary N) is 1. The molecule has 1 saturated heterocycles. The fraction of sp³-hybridized carbons (Fsp3) is 0.296. The van der Waals surface area contributed by atoms with Gasteiger partial charge in [0, 0.05) is 31.7 Å². The van der Waals surface area contributed by atoms with Crippen molar-refractivity contribution >= 4 is 38.9 Å². The maximum Gasteiger partial charge on any atom is 0.262 e. The lowest BCUT2D eigenvalue weighted by molar-refractivity contribution is -0.132. The van der Waals surface area contributed by atoms with Crippen LogP contribution in [0.2, 0.25) is 0 Å². The van der Waals surface area contributed by atoms with Gasteiger partial charge in [-0.15, -0.1) is 11.3 Å². The zero-order valence-corrected chi connectivity index (χ0v) is 22.8. The summed E-state index contributed by atoms with van der Waals surface area (Å²) in [6.45, 7) is 4.96. The van der Waals surface area contributed by atoms with E-state index >= 15 is 0 Å². The first-order valence-corrected chi connectivity index (χ1v) is 14.6. The molecule has 9 nitrogen and oxygen atoms in total. The first-order valence-electron chi connectivity index (χ1n) is 12.2. The van der Waals surface area contributed by atoms with Gasteiger partial charge in [-0.25, -0.2) is 8.42 Å². The molecule has 0 spiro atoms. The van der Waals surface area contributed by atoms with Crippen molar-refractivity contribution in [3.8, 4) is 5.75 Å². The fourth-order valence-corrected chi connectivity index (χ4v) is 6.16. The lowest BCUT2D eigenvalue weighted by atomic mass is 10.1. The molecule has 11 heteroatoms. The minimum atomic E-state index is -4.25. The Balaban J connectivity index is 1.49. The molecule has 3 aromatic rings. The zero-order valence-electron chi connectivity index (χ0n) is 21.1. The van der Waals surface area contributed by atoms with E-state index < -0.39 is 27.0 Å². The van der Waals surface area contributed by atoms with Crippen LogP contribution in [0.15, 0.2) is 70.9 Å². The van der Waals surface area contributed by atoms with E-state index in [0.29, 0.717) is 22.8 Å². The third-order valence-electron chi connectivity index (χ3n) is 6.18. The number of thiophene rings is 1. The summed E-state index contributed by atoms with van der Waals surface area (Å²) in [5.74, 6) is -0.887. The number of sulfone groups is 1. The summed E-state index contributed by atoms with van der Waals surface area (Å²) in [6.07, 6.45) is 0. The largest absolute Gasteiger partial charge is 0.494 e. The molecule has 1 N–H and O–H groups in total. The predicted molar refractivity (Wildman–Crippen MR) is 144 cm³/mol. The smallest absolute Gasteiger partial charge is 0.262 e. The number of ether oxygens (including phenoxy) is 1. The van der Waals surface area contributed by atoms with Crippen molar-refractivity contribution in [2.75, 3.05) is 32.8 Å². The average molecular weight is 556 g/mol. The van der Waals surface area contributed by atoms with Crippen LogP contribution in [0.4, 0.5) is 0 Å². The van der Waals surface area contributed by atoms with Crippen LogP contribution in [0, 0.1) is 6.92 Å². The van der Waals surface area contributed by atoms with Gasteiger partial charge in [0.05, 0.1) is 16.4 Å². The SMILES string of the molecule is CCOc1ccc(C(=O)N2CCN(C(=O)C(NC(=O)c3cccs3)S(=O)(=O)c3ccc(C)cc3)CC2)cc1. The first-order chi connectivity index (χ1) is 18.2. The minimum Gasteiger partial charge on any atom is -0.494 e. The zero-order chi connectivity index (χ0) is 27.3. The number of nitrogens with zero attached hydrogens (tertiary/aromatic N) is 2. The highest BCUT2D eigenvalue weighted by Gasteiger charge is 2.39. The van der Waals surface area contributed by atoms with E-state index in [1.165, 1.54) is 17.0 Å². The van der Waals surface area contributed by atoms with Crippen LogP contribution in [0.25, 0.3) is 0 Å². The van der Waals surface area contributed by atoms with Crippen molar-refractivity contribution in [2.24, 2.45) is 0 Å². The molecule has 1 unspecified atom stereocenters. The number of carbonyl (C=O) groups excluding carboxylic acids is 3. The Morgan fingerprint density at radius 2 is 1.58 bits per heavy atom. The normalized spacial score (nSPS) is 14.6. The van der Waals surface area contributed by atoms with E-state index in [9.17, 15) is 22.8 Å². The Hall–Kier alpha value is -3.70. The molecular formula is C27H29N3O6S2. The van der Waals surface area contributed by atoms with Gasteiger partial charge in [0.25, 0.3) is 17.7 Å². The fourth-order valence-electron chi connectivity index (χ4n) is 4.07. The molecule has 3 amide bonds. The summed E-state index contributed by atoms with van der Waals surface area (Å²) in [6, 6.07) is 16.2. The van der Waals surface area contributed by atoms with E-state index in [1.807, 2.05) is 13.8 Å². The van der Waals surface area contributed by atoms with Crippen LogP contribution in [0.5, 0.6) is 5.75 Å². The standard InChI is InChI=1S/C27H29N3O6S2/c1-3-36-21-10-8-20(9-11-21)26(32)29-14-16-30(17-15-29)27(33)25(28-24(31)23-5-4-18-37-23)38(34,35)22-12-6-19(2)7-13-22/h4-13,18,25H,3,14-17H2,1-2H3,(H,28,31). The molecule has 38 heavy (non-hydrogen) atoms. The molecule has 0 radical (unpaired) electrons. The van der Waals surface area contributed by atoms with Crippen molar-refractivity contribution in [1.82, 2.24) is 15.1 Å². The molecule has 1 aliphatic heterocycles. The molecule has 2 aromatic carbocycles. The van der Waals surface area contributed by atoms with E-state index in [2.05, 4.69) is 5.32 Å². The Labute approximate surface area is 225 Å². The molecule has 1 atom stereocenters. The quantitative estimate of drug-likeness (QED) is 0.457. The van der Waals surface area contributed by atoms with Crippen molar-refractivity contribution in [3.63, 3.8) is 0 Å². The molecule has 1 aliphatic rings. The molecule has 4 rings (SSSR count). The van der Waals surface area contributed by atoms with Gasteiger partial charge in [-0.2, -0.15) is 0 Å². The Bertz CT molecular complexity index is 1380. The van der Waals surface area contributed by atoms with Gasteiger partial charge >= 0.3 is 0 Å². The van der Waals surface area contributed by atoms with Gasteiger partial charge < -0.3 is 19.9 Å². The van der Waals surface area contributed by atoms with Gasteiger partial charge in [0.2, 0.25) is 15.2 Å². The maximum atomic E-state index is 13.6. The van der Waals surface area contributed by atoms with Crippen LogP contribution < -0.4 is 10.1 Å². The van der Waals surface area contributed by atoms with E-state index in [4.69, 9.17) is 4.74 Å². The number of hydrogen-bond acceptors (Lipinski definition) is 7. The molecule has 0 bridgehead atoms. The second-order valence-electron chi connectivity index (χ2n) is 8.76. The van der Waals surface area contributed by atoms with Crippen molar-refractivity contribution in [1.29, 1.82) is 0 Å². The molecule has 200 valence electrons. The maximum absolute atomic E-state index is 13.6. The number of amides is 3. The molecule has 0 aliphatic carbocycles. The van der Waals surface area contributed by atoms with Gasteiger partial charge in [0.15, 0.2) is 0 Å². The summed E-state index contributed by atoms with van der Waals surface area (Å²) in [4.78, 5) is 42.6. The lowest BCUT2D eigenvalue weighted by Crippen LogP contribution is -2.57. The second-order valence-corrected chi connectivity index (χ2v) is 11.7. The number of carbonyl (C=O) groups is 3. The highest BCUT2D eigenvalue weighted by molar-refractivity contribution is 7.92. The Kier molecular flexibility index (Phi) is 8.48. The van der Waals surface area contributed by atoms with Crippen LogP contribution in [0.3, 0.4) is 0 Å². The third-order valence-corrected chi connectivity index (χ3v) is 8.92.